The van der Waals surface area contributed by atoms with Crippen LogP contribution in [0.2, 0.25) is 0 Å². The van der Waals surface area contributed by atoms with Crippen LogP contribution in [-0.4, -0.2) is 4.98 Å². The van der Waals surface area contributed by atoms with Crippen molar-refractivity contribution in [3.05, 3.63) is 29.3 Å². The van der Waals surface area contributed by atoms with Gasteiger partial charge in [0.2, 0.25) is 5.95 Å². The van der Waals surface area contributed by atoms with Crippen molar-refractivity contribution in [2.75, 3.05) is 0 Å². The summed E-state index contributed by atoms with van der Waals surface area (Å²) in [6.07, 6.45) is -4.96. The van der Waals surface area contributed by atoms with Gasteiger partial charge in [0.1, 0.15) is 5.69 Å². The SMILES string of the molecule is N#CCc1ccc(C(F)(F)F)nc1F. The molecule has 14 heavy (non-hydrogen) atoms. The average molecular weight is 204 g/mol. The third-order valence-corrected chi connectivity index (χ3v) is 1.49. The van der Waals surface area contributed by atoms with Gasteiger partial charge in [0.15, 0.2) is 0 Å². The second-order valence-electron chi connectivity index (χ2n) is 2.48. The van der Waals surface area contributed by atoms with Gasteiger partial charge in [-0.25, -0.2) is 4.98 Å². The van der Waals surface area contributed by atoms with E-state index in [0.29, 0.717) is 6.07 Å². The molecule has 0 fully saturated rings. The minimum Gasteiger partial charge on any atom is -0.215 e. The molecule has 0 aliphatic heterocycles. The fourth-order valence-corrected chi connectivity index (χ4v) is 0.838. The molecule has 1 aromatic rings. The van der Waals surface area contributed by atoms with Crippen LogP contribution in [0.25, 0.3) is 0 Å². The molecule has 6 heteroatoms. The van der Waals surface area contributed by atoms with Crippen LogP contribution in [0.4, 0.5) is 17.6 Å². The molecule has 0 aliphatic rings. The normalized spacial score (nSPS) is 11.1. The monoisotopic (exact) mass is 204 g/mol. The number of hydrogen-bond donors (Lipinski definition) is 0. The van der Waals surface area contributed by atoms with Crippen molar-refractivity contribution < 1.29 is 17.6 Å². The topological polar surface area (TPSA) is 36.7 Å². The van der Waals surface area contributed by atoms with E-state index in [0.717, 1.165) is 6.07 Å². The smallest absolute Gasteiger partial charge is 0.215 e. The quantitative estimate of drug-likeness (QED) is 0.519. The van der Waals surface area contributed by atoms with Gasteiger partial charge in [-0.05, 0) is 6.07 Å². The molecule has 0 aromatic carbocycles. The van der Waals surface area contributed by atoms with Crippen molar-refractivity contribution >= 4 is 0 Å². The fourth-order valence-electron chi connectivity index (χ4n) is 0.838. The summed E-state index contributed by atoms with van der Waals surface area (Å²) in [7, 11) is 0. The van der Waals surface area contributed by atoms with E-state index in [-0.39, 0.29) is 12.0 Å². The van der Waals surface area contributed by atoms with Gasteiger partial charge in [-0.15, -0.1) is 0 Å². The van der Waals surface area contributed by atoms with Crippen LogP contribution in [-0.2, 0) is 12.6 Å². The Bertz CT molecular complexity index is 378. The Morgan fingerprint density at radius 2 is 2.00 bits per heavy atom. The van der Waals surface area contributed by atoms with Gasteiger partial charge in [-0.2, -0.15) is 22.8 Å². The highest BCUT2D eigenvalue weighted by Crippen LogP contribution is 2.27. The Hall–Kier alpha value is -1.64. The van der Waals surface area contributed by atoms with Crippen LogP contribution in [0.5, 0.6) is 0 Å². The van der Waals surface area contributed by atoms with Gasteiger partial charge >= 0.3 is 6.18 Å². The molecular weight excluding hydrogens is 200 g/mol. The molecule has 1 rings (SSSR count). The number of nitrogens with zero attached hydrogens (tertiary/aromatic N) is 2. The van der Waals surface area contributed by atoms with E-state index < -0.39 is 17.8 Å². The number of aromatic nitrogens is 1. The summed E-state index contributed by atoms with van der Waals surface area (Å²) >= 11 is 0. The Labute approximate surface area is 76.8 Å². The maximum atomic E-state index is 12.8. The van der Waals surface area contributed by atoms with E-state index in [1.165, 1.54) is 0 Å². The van der Waals surface area contributed by atoms with Crippen LogP contribution in [0, 0.1) is 17.3 Å². The van der Waals surface area contributed by atoms with Crippen molar-refractivity contribution in [3.8, 4) is 6.07 Å². The number of nitriles is 1. The lowest BCUT2D eigenvalue weighted by Crippen LogP contribution is -2.10. The second-order valence-corrected chi connectivity index (χ2v) is 2.48. The van der Waals surface area contributed by atoms with E-state index in [9.17, 15) is 17.6 Å². The van der Waals surface area contributed by atoms with Crippen LogP contribution in [0.15, 0.2) is 12.1 Å². The first-order valence-electron chi connectivity index (χ1n) is 3.54. The van der Waals surface area contributed by atoms with Gasteiger partial charge in [0.05, 0.1) is 12.5 Å². The Morgan fingerprint density at radius 3 is 2.43 bits per heavy atom. The molecule has 0 aliphatic carbocycles. The Kier molecular flexibility index (Phi) is 2.70. The minimum absolute atomic E-state index is 0.138. The highest BCUT2D eigenvalue weighted by Gasteiger charge is 2.33. The summed E-state index contributed by atoms with van der Waals surface area (Å²) in [6, 6.07) is 3.18. The molecule has 2 nitrogen and oxygen atoms in total. The molecule has 0 radical (unpaired) electrons. The number of rotatable bonds is 1. The summed E-state index contributed by atoms with van der Waals surface area (Å²) < 4.78 is 48.8. The van der Waals surface area contributed by atoms with Crippen molar-refractivity contribution in [2.45, 2.75) is 12.6 Å². The van der Waals surface area contributed by atoms with Crippen molar-refractivity contribution in [1.82, 2.24) is 4.98 Å². The van der Waals surface area contributed by atoms with E-state index in [1.54, 1.807) is 6.07 Å². The number of hydrogen-bond acceptors (Lipinski definition) is 2. The molecule has 0 N–H and O–H groups in total. The highest BCUT2D eigenvalue weighted by molar-refractivity contribution is 5.20. The summed E-state index contributed by atoms with van der Waals surface area (Å²) in [6.45, 7) is 0. The van der Waals surface area contributed by atoms with Crippen LogP contribution < -0.4 is 0 Å². The molecule has 0 atom stereocenters. The van der Waals surface area contributed by atoms with Crippen molar-refractivity contribution in [3.63, 3.8) is 0 Å². The number of halogens is 4. The Balaban J connectivity index is 3.08. The first kappa shape index (κ1) is 10.4. The standard InChI is InChI=1S/C8H4F4N2/c9-7-5(3-4-13)1-2-6(14-7)8(10,11)12/h1-2H,3H2. The number of alkyl halides is 3. The van der Waals surface area contributed by atoms with Crippen molar-refractivity contribution in [1.29, 1.82) is 5.26 Å². The zero-order valence-corrected chi connectivity index (χ0v) is 6.77. The van der Waals surface area contributed by atoms with E-state index >= 15 is 0 Å². The third-order valence-electron chi connectivity index (χ3n) is 1.49. The highest BCUT2D eigenvalue weighted by atomic mass is 19.4. The second kappa shape index (κ2) is 3.62. The molecule has 0 saturated carbocycles. The molecule has 1 aromatic heterocycles. The molecular formula is C8H4F4N2. The molecule has 1 heterocycles. The summed E-state index contributed by atoms with van der Waals surface area (Å²) in [5.41, 5.74) is -1.43. The zero-order chi connectivity index (χ0) is 10.8. The van der Waals surface area contributed by atoms with Gasteiger partial charge < -0.3 is 0 Å². The summed E-state index contributed by atoms with van der Waals surface area (Å²) in [5, 5.41) is 8.21. The lowest BCUT2D eigenvalue weighted by atomic mass is 10.2. The molecule has 0 unspecified atom stereocenters. The first-order valence-corrected chi connectivity index (χ1v) is 3.54. The fraction of sp³-hybridized carbons (Fsp3) is 0.250. The Morgan fingerprint density at radius 1 is 1.36 bits per heavy atom. The predicted molar refractivity (Wildman–Crippen MR) is 38.5 cm³/mol. The van der Waals surface area contributed by atoms with Gasteiger partial charge in [0, 0.05) is 5.56 Å². The average Bonchev–Trinajstić information content (AvgIpc) is 2.07. The van der Waals surface area contributed by atoms with E-state index in [1.807, 2.05) is 0 Å². The molecule has 74 valence electrons. The van der Waals surface area contributed by atoms with Crippen LogP contribution >= 0.6 is 0 Å². The number of pyridine rings is 1. The van der Waals surface area contributed by atoms with Gasteiger partial charge in [0.25, 0.3) is 0 Å². The molecule has 0 spiro atoms. The maximum absolute atomic E-state index is 12.8. The largest absolute Gasteiger partial charge is 0.433 e. The van der Waals surface area contributed by atoms with E-state index in [4.69, 9.17) is 5.26 Å². The lowest BCUT2D eigenvalue weighted by Gasteiger charge is -2.05. The van der Waals surface area contributed by atoms with Crippen molar-refractivity contribution in [2.24, 2.45) is 0 Å². The minimum atomic E-state index is -4.66. The molecule has 0 bridgehead atoms. The third kappa shape index (κ3) is 2.19. The van der Waals surface area contributed by atoms with Gasteiger partial charge in [-0.1, -0.05) is 6.07 Å². The maximum Gasteiger partial charge on any atom is 0.433 e. The zero-order valence-electron chi connectivity index (χ0n) is 6.77. The lowest BCUT2D eigenvalue weighted by molar-refractivity contribution is -0.141. The van der Waals surface area contributed by atoms with Gasteiger partial charge in [-0.3, -0.25) is 0 Å². The predicted octanol–water partition coefficient (Wildman–Crippen LogP) is 2.31. The summed E-state index contributed by atoms with van der Waals surface area (Å²) in [4.78, 5) is 2.72. The van der Waals surface area contributed by atoms with E-state index in [2.05, 4.69) is 4.98 Å². The molecule has 0 saturated heterocycles. The first-order chi connectivity index (χ1) is 6.45. The molecule has 0 amide bonds. The van der Waals surface area contributed by atoms with Crippen LogP contribution in [0.3, 0.4) is 0 Å². The van der Waals surface area contributed by atoms with Crippen LogP contribution in [0.1, 0.15) is 11.3 Å². The summed E-state index contributed by atoms with van der Waals surface area (Å²) in [5.74, 6) is -1.25.